The molecule has 0 aliphatic carbocycles. The minimum absolute atomic E-state index is 0.0289. The van der Waals surface area contributed by atoms with Gasteiger partial charge in [0.25, 0.3) is 5.69 Å². The molecular weight excluding hydrogens is 254 g/mol. The van der Waals surface area contributed by atoms with Crippen LogP contribution in [-0.4, -0.2) is 15.4 Å². The predicted octanol–water partition coefficient (Wildman–Crippen LogP) is 4.13. The lowest BCUT2D eigenvalue weighted by atomic mass is 9.94. The summed E-state index contributed by atoms with van der Waals surface area (Å²) in [7, 11) is 0. The van der Waals surface area contributed by atoms with E-state index >= 15 is 0 Å². The Hall–Kier alpha value is -2.17. The fraction of sp³-hybridized carbons (Fsp3) is 0.400. The van der Waals surface area contributed by atoms with Gasteiger partial charge in [-0.15, -0.1) is 0 Å². The monoisotopic (exact) mass is 273 g/mol. The van der Waals surface area contributed by atoms with Crippen molar-refractivity contribution >= 4 is 22.1 Å². The average molecular weight is 273 g/mol. The van der Waals surface area contributed by atoms with Crippen LogP contribution in [0.15, 0.2) is 30.6 Å². The van der Waals surface area contributed by atoms with Crippen LogP contribution in [-0.2, 0) is 0 Å². The molecule has 2 aromatic rings. The first-order valence-corrected chi connectivity index (χ1v) is 6.80. The molecule has 0 amide bonds. The Morgan fingerprint density at radius 3 is 2.55 bits per heavy atom. The number of fused-ring (bicyclic) bond motifs is 1. The first kappa shape index (κ1) is 14.2. The number of aromatic nitrogens is 1. The quantitative estimate of drug-likeness (QED) is 0.656. The van der Waals surface area contributed by atoms with Crippen molar-refractivity contribution < 1.29 is 4.92 Å². The molecule has 5 nitrogen and oxygen atoms in total. The van der Waals surface area contributed by atoms with Gasteiger partial charge in [0.15, 0.2) is 0 Å². The maximum Gasteiger partial charge on any atom is 0.277 e. The van der Waals surface area contributed by atoms with Crippen molar-refractivity contribution in [3.8, 4) is 0 Å². The summed E-state index contributed by atoms with van der Waals surface area (Å²) in [4.78, 5) is 14.8. The van der Waals surface area contributed by atoms with E-state index in [1.165, 1.54) is 0 Å². The number of anilines is 1. The smallest absolute Gasteiger partial charge is 0.277 e. The topological polar surface area (TPSA) is 68.1 Å². The van der Waals surface area contributed by atoms with E-state index in [2.05, 4.69) is 31.1 Å². The van der Waals surface area contributed by atoms with E-state index in [9.17, 15) is 10.1 Å². The predicted molar refractivity (Wildman–Crippen MR) is 81.0 cm³/mol. The summed E-state index contributed by atoms with van der Waals surface area (Å²) in [6, 6.07) is 5.01. The highest BCUT2D eigenvalue weighted by Gasteiger charge is 2.21. The van der Waals surface area contributed by atoms with Crippen LogP contribution in [0.2, 0.25) is 0 Å². The molecule has 0 radical (unpaired) electrons. The Kier molecular flexibility index (Phi) is 3.88. The minimum Gasteiger partial charge on any atom is -0.379 e. The lowest BCUT2D eigenvalue weighted by molar-refractivity contribution is -0.383. The molecular formula is C15H19N3O2. The van der Waals surface area contributed by atoms with Gasteiger partial charge >= 0.3 is 0 Å². The van der Waals surface area contributed by atoms with E-state index in [-0.39, 0.29) is 16.1 Å². The highest BCUT2D eigenvalue weighted by Crippen LogP contribution is 2.33. The molecule has 0 bridgehead atoms. The zero-order valence-corrected chi connectivity index (χ0v) is 12.0. The number of nitrogens with one attached hydrogen (secondary N) is 1. The average Bonchev–Trinajstić information content (AvgIpc) is 2.47. The summed E-state index contributed by atoms with van der Waals surface area (Å²) in [6.07, 6.45) is 5.21. The summed E-state index contributed by atoms with van der Waals surface area (Å²) in [5.41, 5.74) is 0.978. The Morgan fingerprint density at radius 2 is 1.95 bits per heavy atom. The molecule has 0 spiro atoms. The second-order valence-electron chi connectivity index (χ2n) is 5.20. The molecule has 0 atom stereocenters. The molecule has 0 saturated heterocycles. The van der Waals surface area contributed by atoms with Crippen LogP contribution >= 0.6 is 0 Å². The van der Waals surface area contributed by atoms with Crippen molar-refractivity contribution in [1.82, 2.24) is 4.98 Å². The van der Waals surface area contributed by atoms with Gasteiger partial charge in [-0.1, -0.05) is 13.8 Å². The van der Waals surface area contributed by atoms with Gasteiger partial charge in [0, 0.05) is 35.1 Å². The standard InChI is InChI=1S/C15H19N3O2/c1-4-15(3,5-2)17-13-6-7-14(18(19)20)11-8-9-16-10-12(11)13/h6-10,17H,4-5H2,1-3H3. The number of nitrogens with zero attached hydrogens (tertiary/aromatic N) is 2. The van der Waals surface area contributed by atoms with Crippen LogP contribution in [0.1, 0.15) is 33.6 Å². The van der Waals surface area contributed by atoms with Crippen molar-refractivity contribution in [2.24, 2.45) is 0 Å². The highest BCUT2D eigenvalue weighted by atomic mass is 16.6. The van der Waals surface area contributed by atoms with Crippen LogP contribution in [0.3, 0.4) is 0 Å². The second-order valence-corrected chi connectivity index (χ2v) is 5.20. The third-order valence-corrected chi connectivity index (χ3v) is 3.99. The van der Waals surface area contributed by atoms with Crippen molar-refractivity contribution in [3.05, 3.63) is 40.7 Å². The van der Waals surface area contributed by atoms with Crippen LogP contribution in [0.4, 0.5) is 11.4 Å². The molecule has 20 heavy (non-hydrogen) atoms. The molecule has 5 heteroatoms. The van der Waals surface area contributed by atoms with Crippen molar-refractivity contribution in [2.75, 3.05) is 5.32 Å². The molecule has 1 N–H and O–H groups in total. The fourth-order valence-corrected chi connectivity index (χ4v) is 2.19. The summed E-state index contributed by atoms with van der Waals surface area (Å²) < 4.78 is 0. The molecule has 0 unspecified atom stereocenters. The van der Waals surface area contributed by atoms with Crippen LogP contribution in [0, 0.1) is 10.1 Å². The van der Waals surface area contributed by atoms with Crippen LogP contribution in [0.25, 0.3) is 10.8 Å². The highest BCUT2D eigenvalue weighted by molar-refractivity contribution is 5.99. The van der Waals surface area contributed by atoms with Crippen molar-refractivity contribution in [3.63, 3.8) is 0 Å². The molecule has 1 heterocycles. The van der Waals surface area contributed by atoms with E-state index in [4.69, 9.17) is 0 Å². The molecule has 106 valence electrons. The Bertz CT molecular complexity index is 636. The van der Waals surface area contributed by atoms with E-state index in [0.29, 0.717) is 5.39 Å². The van der Waals surface area contributed by atoms with Gasteiger partial charge in [-0.25, -0.2) is 0 Å². The van der Waals surface area contributed by atoms with Gasteiger partial charge in [0.1, 0.15) is 0 Å². The Labute approximate surface area is 118 Å². The van der Waals surface area contributed by atoms with Crippen molar-refractivity contribution in [1.29, 1.82) is 0 Å². The number of pyridine rings is 1. The lowest BCUT2D eigenvalue weighted by Crippen LogP contribution is -2.33. The number of hydrogen-bond donors (Lipinski definition) is 1. The molecule has 2 rings (SSSR count). The third kappa shape index (κ3) is 2.57. The fourth-order valence-electron chi connectivity index (χ4n) is 2.19. The van der Waals surface area contributed by atoms with Crippen LogP contribution in [0.5, 0.6) is 0 Å². The van der Waals surface area contributed by atoms with Gasteiger partial charge in [-0.05, 0) is 31.9 Å². The van der Waals surface area contributed by atoms with E-state index < -0.39 is 0 Å². The molecule has 0 aliphatic rings. The van der Waals surface area contributed by atoms with Gasteiger partial charge < -0.3 is 5.32 Å². The molecule has 0 fully saturated rings. The maximum atomic E-state index is 11.1. The summed E-state index contributed by atoms with van der Waals surface area (Å²) >= 11 is 0. The maximum absolute atomic E-state index is 11.1. The lowest BCUT2D eigenvalue weighted by Gasteiger charge is -2.30. The summed E-state index contributed by atoms with van der Waals surface area (Å²) in [6.45, 7) is 6.40. The van der Waals surface area contributed by atoms with Gasteiger partial charge in [-0.2, -0.15) is 0 Å². The molecule has 0 saturated carbocycles. The number of nitro benzene ring substituents is 1. The number of hydrogen-bond acceptors (Lipinski definition) is 4. The van der Waals surface area contributed by atoms with Gasteiger partial charge in [0.05, 0.1) is 10.3 Å². The first-order chi connectivity index (χ1) is 9.50. The number of nitro groups is 1. The Morgan fingerprint density at radius 1 is 1.25 bits per heavy atom. The Balaban J connectivity index is 2.56. The van der Waals surface area contributed by atoms with Gasteiger partial charge in [0.2, 0.25) is 0 Å². The summed E-state index contributed by atoms with van der Waals surface area (Å²) in [5.74, 6) is 0. The molecule has 1 aromatic carbocycles. The second kappa shape index (κ2) is 5.45. The molecule has 0 aliphatic heterocycles. The number of benzene rings is 1. The van der Waals surface area contributed by atoms with E-state index in [0.717, 1.165) is 23.9 Å². The number of rotatable bonds is 5. The third-order valence-electron chi connectivity index (χ3n) is 3.99. The van der Waals surface area contributed by atoms with E-state index in [1.54, 1.807) is 30.6 Å². The SMILES string of the molecule is CCC(C)(CC)Nc1ccc([N+](=O)[O-])c2ccncc12. The zero-order chi connectivity index (χ0) is 14.8. The zero-order valence-electron chi connectivity index (χ0n) is 12.0. The van der Waals surface area contributed by atoms with Crippen LogP contribution < -0.4 is 5.32 Å². The first-order valence-electron chi connectivity index (χ1n) is 6.80. The van der Waals surface area contributed by atoms with Crippen molar-refractivity contribution in [2.45, 2.75) is 39.2 Å². The van der Waals surface area contributed by atoms with Gasteiger partial charge in [-0.3, -0.25) is 15.1 Å². The summed E-state index contributed by atoms with van der Waals surface area (Å²) in [5, 5.41) is 16.0. The molecule has 1 aromatic heterocycles. The number of non-ortho nitro benzene ring substituents is 1. The minimum atomic E-state index is -0.356. The van der Waals surface area contributed by atoms with E-state index in [1.807, 2.05) is 0 Å². The normalized spacial score (nSPS) is 11.6. The largest absolute Gasteiger partial charge is 0.379 e.